The number of ether oxygens (including phenoxy) is 1. The minimum atomic E-state index is -0.146. The predicted molar refractivity (Wildman–Crippen MR) is 64.9 cm³/mol. The van der Waals surface area contributed by atoms with E-state index in [1.165, 1.54) is 0 Å². The zero-order valence-electron chi connectivity index (χ0n) is 9.52. The number of methoxy groups -OCH3 is 1. The van der Waals surface area contributed by atoms with Crippen LogP contribution in [0.2, 0.25) is 0 Å². The number of aliphatic hydroxyl groups excluding tert-OH is 1. The first-order valence-electron chi connectivity index (χ1n) is 5.57. The van der Waals surface area contributed by atoms with Gasteiger partial charge in [0.25, 0.3) is 0 Å². The van der Waals surface area contributed by atoms with Crippen molar-refractivity contribution in [2.75, 3.05) is 30.8 Å². The Hall–Kier alpha value is -1.42. The molecule has 2 rings (SSSR count). The highest BCUT2D eigenvalue weighted by Gasteiger charge is 2.17. The van der Waals surface area contributed by atoms with Crippen molar-refractivity contribution < 1.29 is 9.84 Å². The zero-order chi connectivity index (χ0) is 11.5. The second kappa shape index (κ2) is 4.61. The molecule has 0 unspecified atom stereocenters. The lowest BCUT2D eigenvalue weighted by molar-refractivity contribution is 0.145. The summed E-state index contributed by atoms with van der Waals surface area (Å²) in [6, 6.07) is 5.81. The van der Waals surface area contributed by atoms with Crippen molar-refractivity contribution in [1.29, 1.82) is 0 Å². The van der Waals surface area contributed by atoms with Gasteiger partial charge in [-0.3, -0.25) is 0 Å². The SMILES string of the molecule is COc1cc(N2CCC(O)CC2)ccc1N. The van der Waals surface area contributed by atoms with E-state index >= 15 is 0 Å². The average molecular weight is 222 g/mol. The molecule has 0 amide bonds. The first-order valence-corrected chi connectivity index (χ1v) is 5.57. The van der Waals surface area contributed by atoms with Gasteiger partial charge in [0.2, 0.25) is 0 Å². The van der Waals surface area contributed by atoms with Crippen LogP contribution in [-0.4, -0.2) is 31.4 Å². The first kappa shape index (κ1) is 11.1. The van der Waals surface area contributed by atoms with Crippen LogP contribution < -0.4 is 15.4 Å². The van der Waals surface area contributed by atoms with E-state index in [9.17, 15) is 5.11 Å². The van der Waals surface area contributed by atoms with Gasteiger partial charge in [-0.2, -0.15) is 0 Å². The maximum atomic E-state index is 9.45. The largest absolute Gasteiger partial charge is 0.495 e. The molecule has 3 N–H and O–H groups in total. The summed E-state index contributed by atoms with van der Waals surface area (Å²) in [4.78, 5) is 2.24. The minimum Gasteiger partial charge on any atom is -0.495 e. The summed E-state index contributed by atoms with van der Waals surface area (Å²) in [7, 11) is 1.62. The van der Waals surface area contributed by atoms with Gasteiger partial charge in [0.15, 0.2) is 0 Å². The molecule has 0 radical (unpaired) electrons. The highest BCUT2D eigenvalue weighted by atomic mass is 16.5. The molecule has 0 saturated carbocycles. The van der Waals surface area contributed by atoms with Gasteiger partial charge in [0, 0.05) is 24.8 Å². The van der Waals surface area contributed by atoms with E-state index in [0.717, 1.165) is 31.6 Å². The molecule has 4 nitrogen and oxygen atoms in total. The predicted octanol–water partition coefficient (Wildman–Crippen LogP) is 1.24. The van der Waals surface area contributed by atoms with Crippen LogP contribution >= 0.6 is 0 Å². The molecule has 1 fully saturated rings. The van der Waals surface area contributed by atoms with E-state index in [1.54, 1.807) is 7.11 Å². The second-order valence-corrected chi connectivity index (χ2v) is 4.14. The van der Waals surface area contributed by atoms with Crippen LogP contribution in [0.15, 0.2) is 18.2 Å². The van der Waals surface area contributed by atoms with E-state index < -0.39 is 0 Å². The third-order valence-corrected chi connectivity index (χ3v) is 3.05. The standard InChI is InChI=1S/C12H18N2O2/c1-16-12-8-9(2-3-11(12)13)14-6-4-10(15)5-7-14/h2-3,8,10,15H,4-7,13H2,1H3. The Bertz CT molecular complexity index is 360. The third-order valence-electron chi connectivity index (χ3n) is 3.05. The molecule has 0 aromatic heterocycles. The highest BCUT2D eigenvalue weighted by Crippen LogP contribution is 2.28. The average Bonchev–Trinajstić information content (AvgIpc) is 2.31. The summed E-state index contributed by atoms with van der Waals surface area (Å²) < 4.78 is 5.20. The molecule has 4 heteroatoms. The topological polar surface area (TPSA) is 58.7 Å². The van der Waals surface area contributed by atoms with Gasteiger partial charge in [0.1, 0.15) is 5.75 Å². The van der Waals surface area contributed by atoms with Crippen molar-refractivity contribution in [3.63, 3.8) is 0 Å². The molecule has 1 heterocycles. The molecule has 1 aliphatic heterocycles. The monoisotopic (exact) mass is 222 g/mol. The number of rotatable bonds is 2. The Balaban J connectivity index is 2.14. The van der Waals surface area contributed by atoms with E-state index in [1.807, 2.05) is 18.2 Å². The number of nitrogens with two attached hydrogens (primary N) is 1. The number of aliphatic hydroxyl groups is 1. The van der Waals surface area contributed by atoms with Crippen LogP contribution in [0, 0.1) is 0 Å². The molecule has 1 saturated heterocycles. The van der Waals surface area contributed by atoms with E-state index in [2.05, 4.69) is 4.90 Å². The summed E-state index contributed by atoms with van der Waals surface area (Å²) in [5.74, 6) is 0.712. The fourth-order valence-electron chi connectivity index (χ4n) is 2.02. The quantitative estimate of drug-likeness (QED) is 0.739. The summed E-state index contributed by atoms with van der Waals surface area (Å²) in [6.45, 7) is 1.77. The van der Waals surface area contributed by atoms with Gasteiger partial charge in [-0.05, 0) is 25.0 Å². The highest BCUT2D eigenvalue weighted by molar-refractivity contribution is 5.62. The van der Waals surface area contributed by atoms with Gasteiger partial charge in [-0.25, -0.2) is 0 Å². The van der Waals surface area contributed by atoms with Crippen LogP contribution in [0.1, 0.15) is 12.8 Å². The minimum absolute atomic E-state index is 0.146. The first-order chi connectivity index (χ1) is 7.70. The van der Waals surface area contributed by atoms with Crippen molar-refractivity contribution in [3.05, 3.63) is 18.2 Å². The lowest BCUT2D eigenvalue weighted by Gasteiger charge is -2.31. The molecule has 0 atom stereocenters. The van der Waals surface area contributed by atoms with Crippen LogP contribution in [0.3, 0.4) is 0 Å². The molecule has 1 aromatic carbocycles. The number of nitrogens with zero attached hydrogens (tertiary/aromatic N) is 1. The molecule has 0 aliphatic carbocycles. The summed E-state index contributed by atoms with van der Waals surface area (Å²) >= 11 is 0. The normalized spacial score (nSPS) is 17.5. The van der Waals surface area contributed by atoms with Crippen LogP contribution in [0.25, 0.3) is 0 Å². The number of piperidine rings is 1. The smallest absolute Gasteiger partial charge is 0.143 e. The molecular weight excluding hydrogens is 204 g/mol. The van der Waals surface area contributed by atoms with Crippen LogP contribution in [0.4, 0.5) is 11.4 Å². The third kappa shape index (κ3) is 2.22. The Morgan fingerprint density at radius 1 is 1.38 bits per heavy atom. The number of hydrogen-bond acceptors (Lipinski definition) is 4. The van der Waals surface area contributed by atoms with Crippen molar-refractivity contribution >= 4 is 11.4 Å². The summed E-state index contributed by atoms with van der Waals surface area (Å²) in [5.41, 5.74) is 7.53. The van der Waals surface area contributed by atoms with Crippen molar-refractivity contribution in [1.82, 2.24) is 0 Å². The molecule has 88 valence electrons. The van der Waals surface area contributed by atoms with Crippen molar-refractivity contribution in [2.45, 2.75) is 18.9 Å². The Morgan fingerprint density at radius 3 is 2.69 bits per heavy atom. The summed E-state index contributed by atoms with van der Waals surface area (Å²) in [6.07, 6.45) is 1.51. The van der Waals surface area contributed by atoms with Gasteiger partial charge < -0.3 is 20.5 Å². The fourth-order valence-corrected chi connectivity index (χ4v) is 2.02. The fraction of sp³-hybridized carbons (Fsp3) is 0.500. The number of anilines is 2. The Morgan fingerprint density at radius 2 is 2.06 bits per heavy atom. The van der Waals surface area contributed by atoms with Crippen LogP contribution in [-0.2, 0) is 0 Å². The molecule has 1 aliphatic rings. The van der Waals surface area contributed by atoms with Gasteiger partial charge in [-0.15, -0.1) is 0 Å². The van der Waals surface area contributed by atoms with Crippen LogP contribution in [0.5, 0.6) is 5.75 Å². The maximum Gasteiger partial charge on any atom is 0.143 e. The number of hydrogen-bond donors (Lipinski definition) is 2. The number of nitrogen functional groups attached to an aromatic ring is 1. The molecule has 1 aromatic rings. The lowest BCUT2D eigenvalue weighted by Crippen LogP contribution is -2.35. The van der Waals surface area contributed by atoms with Crippen molar-refractivity contribution in [3.8, 4) is 5.75 Å². The van der Waals surface area contributed by atoms with Crippen molar-refractivity contribution in [2.24, 2.45) is 0 Å². The van der Waals surface area contributed by atoms with Gasteiger partial charge in [-0.1, -0.05) is 0 Å². The number of benzene rings is 1. The van der Waals surface area contributed by atoms with E-state index in [4.69, 9.17) is 10.5 Å². The Kier molecular flexibility index (Phi) is 3.19. The van der Waals surface area contributed by atoms with Gasteiger partial charge in [0.05, 0.1) is 18.9 Å². The molecule has 0 bridgehead atoms. The molecular formula is C12H18N2O2. The summed E-state index contributed by atoms with van der Waals surface area (Å²) in [5, 5.41) is 9.45. The maximum absolute atomic E-state index is 9.45. The molecule has 16 heavy (non-hydrogen) atoms. The Labute approximate surface area is 95.6 Å². The zero-order valence-corrected chi connectivity index (χ0v) is 9.52. The van der Waals surface area contributed by atoms with E-state index in [0.29, 0.717) is 11.4 Å². The second-order valence-electron chi connectivity index (χ2n) is 4.14. The van der Waals surface area contributed by atoms with E-state index in [-0.39, 0.29) is 6.10 Å². The van der Waals surface area contributed by atoms with Gasteiger partial charge >= 0.3 is 0 Å². The molecule has 0 spiro atoms. The lowest BCUT2D eigenvalue weighted by atomic mass is 10.1.